The fraction of sp³-hybridized carbons (Fsp3) is 0.500. The average molecular weight is 359 g/mol. The monoisotopic (exact) mass is 359 g/mol. The van der Waals surface area contributed by atoms with Crippen LogP contribution in [0.4, 0.5) is 0 Å². The van der Waals surface area contributed by atoms with Crippen molar-refractivity contribution in [3.8, 4) is 11.3 Å². The molecule has 2 fully saturated rings. The Balaban J connectivity index is 1.45. The Kier molecular flexibility index (Phi) is 3.36. The van der Waals surface area contributed by atoms with Crippen molar-refractivity contribution in [2.75, 3.05) is 13.1 Å². The maximum absolute atomic E-state index is 12.5. The molecule has 3 atom stereocenters. The standard InChI is InChI=1S/C18H21N3O3S/c22-17-10-20(25(23,24)12-5-6-12)8-7-15(17)18-14-4-2-1-3-13(14)16-9-19-11-21(16)18/h1-4,9,11-12,15,17-18,22H,5-8,10H2/t15-,17-,18+/m1/s1. The van der Waals surface area contributed by atoms with Crippen LogP contribution >= 0.6 is 0 Å². The van der Waals surface area contributed by atoms with Gasteiger partial charge in [-0.2, -0.15) is 4.31 Å². The quantitative estimate of drug-likeness (QED) is 0.904. The first-order valence-corrected chi connectivity index (χ1v) is 10.4. The van der Waals surface area contributed by atoms with Gasteiger partial charge in [0.15, 0.2) is 0 Å². The molecule has 2 aliphatic heterocycles. The molecule has 1 aliphatic carbocycles. The molecule has 1 saturated heterocycles. The van der Waals surface area contributed by atoms with Crippen molar-refractivity contribution in [3.05, 3.63) is 42.4 Å². The molecule has 1 saturated carbocycles. The van der Waals surface area contributed by atoms with E-state index in [0.717, 1.165) is 24.1 Å². The summed E-state index contributed by atoms with van der Waals surface area (Å²) >= 11 is 0. The van der Waals surface area contributed by atoms with Gasteiger partial charge in [-0.1, -0.05) is 24.3 Å². The Morgan fingerprint density at radius 1 is 1.16 bits per heavy atom. The number of β-amino-alcohol motifs (C(OH)–C–C–N with tert-alkyl or cyclic N) is 1. The van der Waals surface area contributed by atoms with Gasteiger partial charge in [0.1, 0.15) is 0 Å². The number of fused-ring (bicyclic) bond motifs is 3. The molecular weight excluding hydrogens is 338 g/mol. The van der Waals surface area contributed by atoms with Crippen molar-refractivity contribution in [2.24, 2.45) is 5.92 Å². The number of hydrogen-bond donors (Lipinski definition) is 1. The van der Waals surface area contributed by atoms with Crippen molar-refractivity contribution < 1.29 is 13.5 Å². The number of hydrogen-bond acceptors (Lipinski definition) is 4. The van der Waals surface area contributed by atoms with E-state index in [9.17, 15) is 13.5 Å². The number of sulfonamides is 1. The van der Waals surface area contributed by atoms with Crippen LogP contribution in [-0.2, 0) is 10.0 Å². The van der Waals surface area contributed by atoms with E-state index in [4.69, 9.17) is 0 Å². The molecule has 1 aromatic carbocycles. The second kappa shape index (κ2) is 5.40. The van der Waals surface area contributed by atoms with Gasteiger partial charge in [-0.25, -0.2) is 13.4 Å². The summed E-state index contributed by atoms with van der Waals surface area (Å²) in [5.41, 5.74) is 3.42. The van der Waals surface area contributed by atoms with Crippen LogP contribution in [0.5, 0.6) is 0 Å². The molecule has 5 rings (SSSR count). The highest BCUT2D eigenvalue weighted by Gasteiger charge is 2.46. The maximum atomic E-state index is 12.5. The molecule has 2 aromatic rings. The summed E-state index contributed by atoms with van der Waals surface area (Å²) in [5, 5.41) is 10.6. The van der Waals surface area contributed by atoms with Gasteiger partial charge in [-0.3, -0.25) is 0 Å². The average Bonchev–Trinajstić information content (AvgIpc) is 3.29. The number of nitrogens with zero attached hydrogens (tertiary/aromatic N) is 3. The summed E-state index contributed by atoms with van der Waals surface area (Å²) in [5.74, 6) is -0.0118. The van der Waals surface area contributed by atoms with Crippen LogP contribution in [0, 0.1) is 5.92 Å². The van der Waals surface area contributed by atoms with Gasteiger partial charge in [-0.15, -0.1) is 0 Å². The lowest BCUT2D eigenvalue weighted by Gasteiger charge is -2.38. The van der Waals surface area contributed by atoms with Gasteiger partial charge in [0.05, 0.1) is 35.6 Å². The first-order chi connectivity index (χ1) is 12.1. The number of aromatic nitrogens is 2. The molecule has 1 aromatic heterocycles. The van der Waals surface area contributed by atoms with Crippen LogP contribution in [-0.4, -0.2) is 51.8 Å². The molecule has 132 valence electrons. The Hall–Kier alpha value is -1.70. The molecule has 0 unspecified atom stereocenters. The summed E-state index contributed by atoms with van der Waals surface area (Å²) in [7, 11) is -3.22. The molecule has 7 heteroatoms. The molecule has 3 heterocycles. The number of rotatable bonds is 3. The van der Waals surface area contributed by atoms with Crippen molar-refractivity contribution in [3.63, 3.8) is 0 Å². The van der Waals surface area contributed by atoms with E-state index in [1.54, 1.807) is 0 Å². The third-order valence-electron chi connectivity index (χ3n) is 5.83. The van der Waals surface area contributed by atoms with Crippen LogP contribution in [0.2, 0.25) is 0 Å². The molecule has 0 amide bonds. The van der Waals surface area contributed by atoms with Gasteiger partial charge in [0, 0.05) is 24.6 Å². The minimum Gasteiger partial charge on any atom is -0.391 e. The Labute approximate surface area is 147 Å². The van der Waals surface area contributed by atoms with Crippen LogP contribution in [0.25, 0.3) is 11.3 Å². The first kappa shape index (κ1) is 15.5. The molecular formula is C18H21N3O3S. The highest BCUT2D eigenvalue weighted by atomic mass is 32.2. The van der Waals surface area contributed by atoms with Crippen molar-refractivity contribution in [1.29, 1.82) is 0 Å². The molecule has 1 N–H and O–H groups in total. The van der Waals surface area contributed by atoms with Gasteiger partial charge in [-0.05, 0) is 24.8 Å². The lowest BCUT2D eigenvalue weighted by Crippen LogP contribution is -2.49. The highest BCUT2D eigenvalue weighted by molar-refractivity contribution is 7.90. The van der Waals surface area contributed by atoms with Crippen LogP contribution in [0.15, 0.2) is 36.8 Å². The topological polar surface area (TPSA) is 75.4 Å². The van der Waals surface area contributed by atoms with Gasteiger partial charge >= 0.3 is 0 Å². The lowest BCUT2D eigenvalue weighted by atomic mass is 9.84. The largest absolute Gasteiger partial charge is 0.391 e. The highest BCUT2D eigenvalue weighted by Crippen LogP contribution is 2.46. The third-order valence-corrected chi connectivity index (χ3v) is 8.19. The van der Waals surface area contributed by atoms with E-state index in [0.29, 0.717) is 13.0 Å². The molecule has 25 heavy (non-hydrogen) atoms. The molecule has 0 radical (unpaired) electrons. The number of aliphatic hydroxyl groups excluding tert-OH is 1. The van der Waals surface area contributed by atoms with Crippen LogP contribution < -0.4 is 0 Å². The summed E-state index contributed by atoms with van der Waals surface area (Å²) in [6, 6.07) is 8.24. The Morgan fingerprint density at radius 2 is 1.96 bits per heavy atom. The fourth-order valence-electron chi connectivity index (χ4n) is 4.41. The Morgan fingerprint density at radius 3 is 2.72 bits per heavy atom. The summed E-state index contributed by atoms with van der Waals surface area (Å²) in [4.78, 5) is 4.27. The lowest BCUT2D eigenvalue weighted by molar-refractivity contribution is 0.0342. The number of piperidine rings is 1. The summed E-state index contributed by atoms with van der Waals surface area (Å²) in [6.07, 6.45) is 5.18. The summed E-state index contributed by atoms with van der Waals surface area (Å²) < 4.78 is 28.6. The first-order valence-electron chi connectivity index (χ1n) is 8.85. The van der Waals surface area contributed by atoms with E-state index >= 15 is 0 Å². The van der Waals surface area contributed by atoms with Crippen molar-refractivity contribution in [2.45, 2.75) is 36.7 Å². The molecule has 0 spiro atoms. The van der Waals surface area contributed by atoms with Crippen LogP contribution in [0.3, 0.4) is 0 Å². The predicted molar refractivity (Wildman–Crippen MR) is 93.4 cm³/mol. The van der Waals surface area contributed by atoms with E-state index in [-0.39, 0.29) is 23.8 Å². The van der Waals surface area contributed by atoms with Crippen LogP contribution in [0.1, 0.15) is 30.9 Å². The van der Waals surface area contributed by atoms with Gasteiger partial charge in [0.25, 0.3) is 0 Å². The normalized spacial score (nSPS) is 29.4. The van der Waals surface area contributed by atoms with Gasteiger partial charge < -0.3 is 9.67 Å². The Bertz CT molecular complexity index is 919. The fourth-order valence-corrected chi connectivity index (χ4v) is 6.28. The third kappa shape index (κ3) is 2.29. The zero-order chi connectivity index (χ0) is 17.2. The van der Waals surface area contributed by atoms with Crippen molar-refractivity contribution in [1.82, 2.24) is 13.9 Å². The van der Waals surface area contributed by atoms with Crippen molar-refractivity contribution >= 4 is 10.0 Å². The van der Waals surface area contributed by atoms with E-state index in [1.807, 2.05) is 24.7 Å². The number of benzene rings is 1. The maximum Gasteiger partial charge on any atom is 0.217 e. The summed E-state index contributed by atoms with van der Waals surface area (Å²) in [6.45, 7) is 0.690. The van der Waals surface area contributed by atoms with Gasteiger partial charge in [0.2, 0.25) is 10.0 Å². The predicted octanol–water partition coefficient (Wildman–Crippen LogP) is 1.63. The minimum absolute atomic E-state index is 0.0118. The second-order valence-electron chi connectivity index (χ2n) is 7.34. The molecule has 3 aliphatic rings. The zero-order valence-corrected chi connectivity index (χ0v) is 14.6. The second-order valence-corrected chi connectivity index (χ2v) is 9.55. The molecule has 0 bridgehead atoms. The van der Waals surface area contributed by atoms with E-state index in [1.165, 1.54) is 9.87 Å². The SMILES string of the molecule is O=S(=O)(C1CC1)N1CC[C@@H]([C@@H]2c3ccccc3-c3cncn32)[C@H](O)C1. The molecule has 6 nitrogen and oxygen atoms in total. The van der Waals surface area contributed by atoms with E-state index < -0.39 is 16.1 Å². The van der Waals surface area contributed by atoms with E-state index in [2.05, 4.69) is 21.7 Å². The number of imidazole rings is 1. The zero-order valence-electron chi connectivity index (χ0n) is 13.8. The number of aliphatic hydroxyl groups is 1. The minimum atomic E-state index is -3.22. The smallest absolute Gasteiger partial charge is 0.217 e.